The highest BCUT2D eigenvalue weighted by molar-refractivity contribution is 6.30. The Morgan fingerprint density at radius 1 is 1.06 bits per heavy atom. The van der Waals surface area contributed by atoms with Gasteiger partial charge in [0.15, 0.2) is 11.6 Å². The predicted octanol–water partition coefficient (Wildman–Crippen LogP) is 4.33. The van der Waals surface area contributed by atoms with E-state index in [1.165, 1.54) is 0 Å². The van der Waals surface area contributed by atoms with Gasteiger partial charge in [0, 0.05) is 29.2 Å². The topological polar surface area (TPSA) is 101 Å². The van der Waals surface area contributed by atoms with Crippen molar-refractivity contribution in [3.05, 3.63) is 77.7 Å². The molecule has 3 aromatic heterocycles. The molecule has 0 radical (unpaired) electrons. The maximum Gasteiger partial charge on any atom is 0.275 e. The zero-order chi connectivity index (χ0) is 21.4. The molecule has 152 valence electrons. The van der Waals surface area contributed by atoms with Crippen LogP contribution in [0.4, 0.5) is 5.82 Å². The van der Waals surface area contributed by atoms with Crippen LogP contribution in [-0.2, 0) is 7.05 Å². The molecule has 0 aliphatic carbocycles. The van der Waals surface area contributed by atoms with Crippen LogP contribution >= 0.6 is 11.6 Å². The maximum atomic E-state index is 13.1. The number of para-hydroxylation sites is 1. The molecule has 2 aromatic carbocycles. The summed E-state index contributed by atoms with van der Waals surface area (Å²) in [4.78, 5) is 22.2. The minimum Gasteiger partial charge on any atom is -0.303 e. The van der Waals surface area contributed by atoms with E-state index in [1.54, 1.807) is 35.3 Å². The van der Waals surface area contributed by atoms with Crippen LogP contribution in [-0.4, -0.2) is 35.9 Å². The van der Waals surface area contributed by atoms with Crippen molar-refractivity contribution in [3.63, 3.8) is 0 Å². The van der Waals surface area contributed by atoms with Gasteiger partial charge in [-0.2, -0.15) is 10.2 Å². The molecule has 5 aromatic rings. The highest BCUT2D eigenvalue weighted by atomic mass is 35.5. The van der Waals surface area contributed by atoms with Crippen molar-refractivity contribution < 1.29 is 4.79 Å². The number of benzene rings is 2. The Morgan fingerprint density at radius 2 is 1.87 bits per heavy atom. The lowest BCUT2D eigenvalue weighted by Crippen LogP contribution is -2.15. The fourth-order valence-corrected chi connectivity index (χ4v) is 3.35. The smallest absolute Gasteiger partial charge is 0.275 e. The lowest BCUT2D eigenvalue weighted by molar-refractivity contribution is 0.102. The van der Waals surface area contributed by atoms with E-state index in [2.05, 4.69) is 30.6 Å². The SMILES string of the molecule is Cn1cc(-c2nc(C(=O)Nc3n[nH]c4ccccc34)cc(-c3ccc(Cl)cc3)n2)cn1. The summed E-state index contributed by atoms with van der Waals surface area (Å²) in [6.45, 7) is 0. The molecule has 3 heterocycles. The number of nitrogens with zero attached hydrogens (tertiary/aromatic N) is 5. The van der Waals surface area contributed by atoms with Crippen molar-refractivity contribution >= 4 is 34.2 Å². The quantitative estimate of drug-likeness (QED) is 0.443. The molecular formula is C22H16ClN7O. The average molecular weight is 430 g/mol. The average Bonchev–Trinajstić information content (AvgIpc) is 3.40. The first-order valence-corrected chi connectivity index (χ1v) is 9.83. The van der Waals surface area contributed by atoms with Crippen LogP contribution < -0.4 is 5.32 Å². The first-order valence-electron chi connectivity index (χ1n) is 9.45. The molecule has 0 aliphatic rings. The number of anilines is 1. The molecule has 0 atom stereocenters. The molecule has 31 heavy (non-hydrogen) atoms. The Hall–Kier alpha value is -4.04. The second-order valence-corrected chi connectivity index (χ2v) is 7.38. The summed E-state index contributed by atoms with van der Waals surface area (Å²) in [7, 11) is 1.81. The van der Waals surface area contributed by atoms with Gasteiger partial charge in [-0.1, -0.05) is 35.9 Å². The van der Waals surface area contributed by atoms with E-state index in [1.807, 2.05) is 43.4 Å². The van der Waals surface area contributed by atoms with E-state index in [4.69, 9.17) is 11.6 Å². The van der Waals surface area contributed by atoms with Gasteiger partial charge >= 0.3 is 0 Å². The first kappa shape index (κ1) is 19.0. The Morgan fingerprint density at radius 3 is 2.65 bits per heavy atom. The van der Waals surface area contributed by atoms with E-state index < -0.39 is 0 Å². The molecule has 2 N–H and O–H groups in total. The number of aryl methyl sites for hydroxylation is 1. The molecule has 0 unspecified atom stereocenters. The standard InChI is InChI=1S/C22H16ClN7O/c1-30-12-14(11-24-30)20-25-18(13-6-8-15(23)9-7-13)10-19(26-20)22(31)27-21-16-4-2-3-5-17(16)28-29-21/h2-12H,1H3,(H2,27,28,29,31). The number of H-pyrrole nitrogens is 1. The highest BCUT2D eigenvalue weighted by Crippen LogP contribution is 2.25. The fraction of sp³-hybridized carbons (Fsp3) is 0.0455. The van der Waals surface area contributed by atoms with Crippen LogP contribution in [0.3, 0.4) is 0 Å². The number of halogens is 1. The van der Waals surface area contributed by atoms with E-state index in [-0.39, 0.29) is 11.6 Å². The summed E-state index contributed by atoms with van der Waals surface area (Å²) in [6, 6.07) is 16.5. The van der Waals surface area contributed by atoms with Gasteiger partial charge in [-0.25, -0.2) is 9.97 Å². The molecule has 0 aliphatic heterocycles. The summed E-state index contributed by atoms with van der Waals surface area (Å²) in [6.07, 6.45) is 3.45. The summed E-state index contributed by atoms with van der Waals surface area (Å²) in [5.74, 6) is 0.452. The van der Waals surface area contributed by atoms with Crippen molar-refractivity contribution in [1.29, 1.82) is 0 Å². The molecule has 0 saturated heterocycles. The monoisotopic (exact) mass is 429 g/mol. The third-order valence-electron chi connectivity index (χ3n) is 4.76. The summed E-state index contributed by atoms with van der Waals surface area (Å²) in [5.41, 5.74) is 3.17. The number of aromatic amines is 1. The molecule has 0 saturated carbocycles. The number of amides is 1. The Labute approximate surface area is 181 Å². The maximum absolute atomic E-state index is 13.1. The number of rotatable bonds is 4. The minimum atomic E-state index is -0.389. The Balaban J connectivity index is 1.57. The molecule has 5 rings (SSSR count). The van der Waals surface area contributed by atoms with Gasteiger partial charge in [-0.3, -0.25) is 14.6 Å². The van der Waals surface area contributed by atoms with Crippen molar-refractivity contribution in [3.8, 4) is 22.6 Å². The second kappa shape index (κ2) is 7.66. The molecule has 8 nitrogen and oxygen atoms in total. The number of nitrogens with one attached hydrogen (secondary N) is 2. The summed E-state index contributed by atoms with van der Waals surface area (Å²) < 4.78 is 1.66. The Kier molecular flexibility index (Phi) is 4.68. The molecule has 0 spiro atoms. The van der Waals surface area contributed by atoms with Gasteiger partial charge in [-0.15, -0.1) is 0 Å². The number of hydrogen-bond acceptors (Lipinski definition) is 5. The zero-order valence-corrected chi connectivity index (χ0v) is 17.1. The Bertz CT molecular complexity index is 1410. The zero-order valence-electron chi connectivity index (χ0n) is 16.4. The van der Waals surface area contributed by atoms with Crippen LogP contribution in [0.25, 0.3) is 33.5 Å². The number of fused-ring (bicyclic) bond motifs is 1. The van der Waals surface area contributed by atoms with Crippen molar-refractivity contribution in [2.24, 2.45) is 7.05 Å². The minimum absolute atomic E-state index is 0.214. The third-order valence-corrected chi connectivity index (χ3v) is 5.02. The number of carbonyl (C=O) groups excluding carboxylic acids is 1. The first-order chi connectivity index (χ1) is 15.1. The highest BCUT2D eigenvalue weighted by Gasteiger charge is 2.17. The van der Waals surface area contributed by atoms with Gasteiger partial charge in [0.25, 0.3) is 5.91 Å². The van der Waals surface area contributed by atoms with Crippen molar-refractivity contribution in [2.45, 2.75) is 0 Å². The molecule has 1 amide bonds. The predicted molar refractivity (Wildman–Crippen MR) is 119 cm³/mol. The largest absolute Gasteiger partial charge is 0.303 e. The van der Waals surface area contributed by atoms with Crippen LogP contribution in [0.1, 0.15) is 10.5 Å². The van der Waals surface area contributed by atoms with Crippen LogP contribution in [0.15, 0.2) is 67.0 Å². The molecule has 9 heteroatoms. The number of hydrogen-bond donors (Lipinski definition) is 2. The third kappa shape index (κ3) is 3.76. The lowest BCUT2D eigenvalue weighted by atomic mass is 10.1. The van der Waals surface area contributed by atoms with E-state index in [9.17, 15) is 4.79 Å². The van der Waals surface area contributed by atoms with Crippen molar-refractivity contribution in [1.82, 2.24) is 29.9 Å². The van der Waals surface area contributed by atoms with Gasteiger partial charge in [0.1, 0.15) is 5.69 Å². The van der Waals surface area contributed by atoms with Gasteiger partial charge in [0.05, 0.1) is 23.0 Å². The van der Waals surface area contributed by atoms with E-state index in [0.717, 1.165) is 16.5 Å². The normalized spacial score (nSPS) is 11.0. The van der Waals surface area contributed by atoms with Gasteiger partial charge in [0.2, 0.25) is 0 Å². The number of carbonyl (C=O) groups is 1. The van der Waals surface area contributed by atoms with Crippen molar-refractivity contribution in [2.75, 3.05) is 5.32 Å². The van der Waals surface area contributed by atoms with Gasteiger partial charge < -0.3 is 5.32 Å². The molecular weight excluding hydrogens is 414 g/mol. The molecule has 0 bridgehead atoms. The van der Waals surface area contributed by atoms with Crippen LogP contribution in [0.5, 0.6) is 0 Å². The van der Waals surface area contributed by atoms with Gasteiger partial charge in [-0.05, 0) is 30.3 Å². The second-order valence-electron chi connectivity index (χ2n) is 6.94. The van der Waals surface area contributed by atoms with Crippen LogP contribution in [0, 0.1) is 0 Å². The van der Waals surface area contributed by atoms with E-state index >= 15 is 0 Å². The van der Waals surface area contributed by atoms with Crippen LogP contribution in [0.2, 0.25) is 5.02 Å². The molecule has 0 fully saturated rings. The summed E-state index contributed by atoms with van der Waals surface area (Å²) in [5, 5.41) is 15.6. The number of aromatic nitrogens is 6. The van der Waals surface area contributed by atoms with E-state index in [0.29, 0.717) is 27.9 Å². The lowest BCUT2D eigenvalue weighted by Gasteiger charge is -2.08. The summed E-state index contributed by atoms with van der Waals surface area (Å²) >= 11 is 6.02. The fourth-order valence-electron chi connectivity index (χ4n) is 3.23.